The number of nitrogens with one attached hydrogen (secondary N) is 2. The lowest BCUT2D eigenvalue weighted by Crippen LogP contribution is -2.28. The van der Waals surface area contributed by atoms with Crippen molar-refractivity contribution in [2.24, 2.45) is 0 Å². The minimum absolute atomic E-state index is 0.109. The Balaban J connectivity index is 2.54. The lowest BCUT2D eigenvalue weighted by molar-refractivity contribution is -0.274. The van der Waals surface area contributed by atoms with Crippen LogP contribution in [0.25, 0.3) is 0 Å². The number of alkyl halides is 3. The number of halogens is 3. The van der Waals surface area contributed by atoms with Crippen molar-refractivity contribution in [3.05, 3.63) is 24.3 Å². The van der Waals surface area contributed by atoms with Crippen LogP contribution in [0.5, 0.6) is 5.75 Å². The molecule has 1 rings (SSSR count). The number of rotatable bonds is 6. The molecule has 0 aliphatic heterocycles. The van der Waals surface area contributed by atoms with Gasteiger partial charge in [0.1, 0.15) is 5.75 Å². The first-order valence-corrected chi connectivity index (χ1v) is 5.77. The van der Waals surface area contributed by atoms with Crippen LogP contribution in [0, 0.1) is 0 Å². The van der Waals surface area contributed by atoms with Crippen molar-refractivity contribution in [1.29, 1.82) is 0 Å². The maximum absolute atomic E-state index is 12.0. The smallest absolute Gasteiger partial charge is 0.406 e. The van der Waals surface area contributed by atoms with Gasteiger partial charge in [-0.3, -0.25) is 4.79 Å². The fraction of sp³-hybridized carbons (Fsp3) is 0.417. The summed E-state index contributed by atoms with van der Waals surface area (Å²) in [6.07, 6.45) is -3.85. The van der Waals surface area contributed by atoms with Crippen LogP contribution in [-0.4, -0.2) is 25.4 Å². The molecule has 1 aromatic rings. The minimum atomic E-state index is -4.74. The number of benzene rings is 1. The zero-order chi connectivity index (χ0) is 14.3. The second kappa shape index (κ2) is 6.98. The fourth-order valence-electron chi connectivity index (χ4n) is 1.35. The van der Waals surface area contributed by atoms with Gasteiger partial charge in [0, 0.05) is 11.8 Å². The summed E-state index contributed by atoms with van der Waals surface area (Å²) in [4.78, 5) is 11.4. The highest BCUT2D eigenvalue weighted by Crippen LogP contribution is 2.24. The molecule has 4 nitrogen and oxygen atoms in total. The molecule has 0 aromatic heterocycles. The van der Waals surface area contributed by atoms with Crippen molar-refractivity contribution in [3.63, 3.8) is 0 Å². The van der Waals surface area contributed by atoms with E-state index in [1.165, 1.54) is 18.2 Å². The number of anilines is 1. The molecule has 7 heteroatoms. The Morgan fingerprint density at radius 2 is 2.11 bits per heavy atom. The fourth-order valence-corrected chi connectivity index (χ4v) is 1.35. The van der Waals surface area contributed by atoms with Crippen LogP contribution >= 0.6 is 0 Å². The molecule has 0 spiro atoms. The molecule has 0 heterocycles. The summed E-state index contributed by atoms with van der Waals surface area (Å²) in [5.74, 6) is -0.690. The van der Waals surface area contributed by atoms with Crippen molar-refractivity contribution < 1.29 is 22.7 Å². The summed E-state index contributed by atoms with van der Waals surface area (Å²) >= 11 is 0. The Kier molecular flexibility index (Phi) is 5.62. The predicted molar refractivity (Wildman–Crippen MR) is 64.9 cm³/mol. The third-order valence-corrected chi connectivity index (χ3v) is 2.06. The monoisotopic (exact) mass is 276 g/mol. The first kappa shape index (κ1) is 15.3. The van der Waals surface area contributed by atoms with Gasteiger partial charge in [0.25, 0.3) is 0 Å². The number of amides is 1. The lowest BCUT2D eigenvalue weighted by atomic mass is 10.3. The van der Waals surface area contributed by atoms with Crippen LogP contribution in [0.15, 0.2) is 24.3 Å². The predicted octanol–water partition coefficient (Wildman–Crippen LogP) is 2.52. The van der Waals surface area contributed by atoms with Crippen molar-refractivity contribution in [2.45, 2.75) is 19.7 Å². The summed E-state index contributed by atoms with van der Waals surface area (Å²) in [6.45, 7) is 2.77. The zero-order valence-corrected chi connectivity index (χ0v) is 10.4. The molecular formula is C12H15F3N2O2. The quantitative estimate of drug-likeness (QED) is 0.785. The first-order chi connectivity index (χ1) is 8.90. The third kappa shape index (κ3) is 6.66. The van der Waals surface area contributed by atoms with Crippen molar-refractivity contribution in [3.8, 4) is 5.75 Å². The minimum Gasteiger partial charge on any atom is -0.406 e. The second-order valence-corrected chi connectivity index (χ2v) is 3.80. The van der Waals surface area contributed by atoms with E-state index in [4.69, 9.17) is 0 Å². The molecule has 0 saturated heterocycles. The summed E-state index contributed by atoms with van der Waals surface area (Å²) in [5.41, 5.74) is 0.255. The van der Waals surface area contributed by atoms with Crippen LogP contribution in [0.4, 0.5) is 18.9 Å². The van der Waals surface area contributed by atoms with Crippen molar-refractivity contribution in [2.75, 3.05) is 18.4 Å². The molecule has 0 bridgehead atoms. The summed E-state index contributed by atoms with van der Waals surface area (Å²) in [6, 6.07) is 5.14. The molecule has 106 valence electrons. The Morgan fingerprint density at radius 3 is 2.74 bits per heavy atom. The molecule has 0 aliphatic carbocycles. The highest BCUT2D eigenvalue weighted by Gasteiger charge is 2.31. The normalized spacial score (nSPS) is 11.2. The topological polar surface area (TPSA) is 50.4 Å². The van der Waals surface area contributed by atoms with Gasteiger partial charge in [0.15, 0.2) is 0 Å². The van der Waals surface area contributed by atoms with Crippen LogP contribution in [-0.2, 0) is 4.79 Å². The summed E-state index contributed by atoms with van der Waals surface area (Å²) < 4.78 is 39.8. The van der Waals surface area contributed by atoms with Gasteiger partial charge < -0.3 is 15.4 Å². The molecule has 0 fully saturated rings. The molecule has 0 saturated carbocycles. The molecule has 0 atom stereocenters. The van der Waals surface area contributed by atoms with Gasteiger partial charge in [-0.05, 0) is 25.1 Å². The zero-order valence-electron chi connectivity index (χ0n) is 10.4. The highest BCUT2D eigenvalue weighted by molar-refractivity contribution is 5.92. The SMILES string of the molecule is CCCNCC(=O)Nc1cccc(OC(F)(F)F)c1. The van der Waals surface area contributed by atoms with Gasteiger partial charge in [-0.25, -0.2) is 0 Å². The number of carbonyl (C=O) groups is 1. The largest absolute Gasteiger partial charge is 0.573 e. The Morgan fingerprint density at radius 1 is 1.37 bits per heavy atom. The molecule has 2 N–H and O–H groups in total. The second-order valence-electron chi connectivity index (χ2n) is 3.80. The summed E-state index contributed by atoms with van der Waals surface area (Å²) in [7, 11) is 0. The average molecular weight is 276 g/mol. The maximum atomic E-state index is 12.0. The van der Waals surface area contributed by atoms with Crippen LogP contribution in [0.2, 0.25) is 0 Å². The molecule has 1 aromatic carbocycles. The molecule has 0 radical (unpaired) electrons. The Hall–Kier alpha value is -1.76. The van der Waals surface area contributed by atoms with Crippen LogP contribution < -0.4 is 15.4 Å². The van der Waals surface area contributed by atoms with E-state index in [-0.39, 0.29) is 23.9 Å². The highest BCUT2D eigenvalue weighted by atomic mass is 19.4. The summed E-state index contributed by atoms with van der Waals surface area (Å²) in [5, 5.41) is 5.36. The molecule has 1 amide bonds. The van der Waals surface area contributed by atoms with E-state index < -0.39 is 6.36 Å². The molecular weight excluding hydrogens is 261 g/mol. The van der Waals surface area contributed by atoms with Crippen LogP contribution in [0.3, 0.4) is 0 Å². The van der Waals surface area contributed by atoms with Crippen molar-refractivity contribution in [1.82, 2.24) is 5.32 Å². The van der Waals surface area contributed by atoms with Gasteiger partial charge in [-0.1, -0.05) is 13.0 Å². The number of hydrogen-bond acceptors (Lipinski definition) is 3. The van der Waals surface area contributed by atoms with E-state index in [2.05, 4.69) is 15.4 Å². The van der Waals surface area contributed by atoms with Crippen molar-refractivity contribution >= 4 is 11.6 Å². The number of carbonyl (C=O) groups excluding carboxylic acids is 1. The van der Waals surface area contributed by atoms with E-state index in [0.717, 1.165) is 12.5 Å². The van der Waals surface area contributed by atoms with Gasteiger partial charge in [-0.2, -0.15) is 0 Å². The van der Waals surface area contributed by atoms with Gasteiger partial charge in [-0.15, -0.1) is 13.2 Å². The standard InChI is InChI=1S/C12H15F3N2O2/c1-2-6-16-8-11(18)17-9-4-3-5-10(7-9)19-12(13,14)15/h3-5,7,16H,2,6,8H2,1H3,(H,17,18). The third-order valence-electron chi connectivity index (χ3n) is 2.06. The first-order valence-electron chi connectivity index (χ1n) is 5.77. The van der Waals surface area contributed by atoms with Gasteiger partial charge in [0.05, 0.1) is 6.54 Å². The van der Waals surface area contributed by atoms with E-state index >= 15 is 0 Å². The number of hydrogen-bond donors (Lipinski definition) is 2. The Bertz CT molecular complexity index is 422. The Labute approximate surface area is 108 Å². The van der Waals surface area contributed by atoms with E-state index in [0.29, 0.717) is 6.54 Å². The van der Waals surface area contributed by atoms with Crippen LogP contribution in [0.1, 0.15) is 13.3 Å². The van der Waals surface area contributed by atoms with Gasteiger partial charge in [0.2, 0.25) is 5.91 Å². The molecule has 0 aliphatic rings. The average Bonchev–Trinajstić information content (AvgIpc) is 2.27. The maximum Gasteiger partial charge on any atom is 0.573 e. The van der Waals surface area contributed by atoms with E-state index in [9.17, 15) is 18.0 Å². The number of ether oxygens (including phenoxy) is 1. The van der Waals surface area contributed by atoms with E-state index in [1.54, 1.807) is 0 Å². The lowest BCUT2D eigenvalue weighted by Gasteiger charge is -2.10. The molecule has 0 unspecified atom stereocenters. The molecule has 19 heavy (non-hydrogen) atoms. The van der Waals surface area contributed by atoms with E-state index in [1.807, 2.05) is 6.92 Å². The van der Waals surface area contributed by atoms with Gasteiger partial charge >= 0.3 is 6.36 Å².